The molecule has 1 aromatic rings. The van der Waals surface area contributed by atoms with Crippen LogP contribution in [0.2, 0.25) is 0 Å². The molecule has 1 aromatic heterocycles. The molecule has 0 saturated carbocycles. The highest BCUT2D eigenvalue weighted by atomic mass is 127. The predicted octanol–water partition coefficient (Wildman–Crippen LogP) is 1.90. The van der Waals surface area contributed by atoms with Gasteiger partial charge in [-0.25, -0.2) is 13.8 Å². The largest absolute Gasteiger partial charge is 0.326 e. The molecular formula is C8H7F2IN2O. The molecule has 76 valence electrons. The molecule has 0 spiro atoms. The van der Waals surface area contributed by atoms with Crippen LogP contribution in [0.5, 0.6) is 0 Å². The zero-order chi connectivity index (χ0) is 10.7. The maximum atomic E-state index is 12.4. The maximum Gasteiger partial charge on any atom is 0.281 e. The molecule has 0 atom stereocenters. The summed E-state index contributed by atoms with van der Waals surface area (Å²) < 4.78 is 25.2. The zero-order valence-electron chi connectivity index (χ0n) is 7.01. The highest BCUT2D eigenvalue weighted by molar-refractivity contribution is 14.1. The Labute approximate surface area is 92.8 Å². The van der Waals surface area contributed by atoms with Crippen molar-refractivity contribution in [1.82, 2.24) is 4.98 Å². The van der Waals surface area contributed by atoms with E-state index in [1.807, 2.05) is 22.6 Å². The normalized spacial score (nSPS) is 10.6. The molecule has 6 heteroatoms. The molecule has 0 saturated heterocycles. The molecule has 0 aliphatic rings. The van der Waals surface area contributed by atoms with Crippen LogP contribution in [0.15, 0.2) is 6.07 Å². The molecule has 0 unspecified atom stereocenters. The number of aldehydes is 1. The van der Waals surface area contributed by atoms with Gasteiger partial charge in [-0.05, 0) is 34.2 Å². The molecule has 0 bridgehead atoms. The monoisotopic (exact) mass is 312 g/mol. The second kappa shape index (κ2) is 4.74. The second-order valence-electron chi connectivity index (χ2n) is 2.54. The third-order valence-corrected chi connectivity index (χ3v) is 2.60. The van der Waals surface area contributed by atoms with E-state index < -0.39 is 12.1 Å². The van der Waals surface area contributed by atoms with E-state index in [1.54, 1.807) is 0 Å². The minimum absolute atomic E-state index is 0.0964. The van der Waals surface area contributed by atoms with Crippen LogP contribution < -0.4 is 5.73 Å². The predicted molar refractivity (Wildman–Crippen MR) is 55.2 cm³/mol. The number of nitrogens with zero attached hydrogens (tertiary/aromatic N) is 1. The van der Waals surface area contributed by atoms with Crippen LogP contribution in [0.3, 0.4) is 0 Å². The van der Waals surface area contributed by atoms with E-state index in [4.69, 9.17) is 5.73 Å². The van der Waals surface area contributed by atoms with Crippen molar-refractivity contribution < 1.29 is 13.6 Å². The summed E-state index contributed by atoms with van der Waals surface area (Å²) in [6.07, 6.45) is -2.38. The lowest BCUT2D eigenvalue weighted by Crippen LogP contribution is -2.07. The Morgan fingerprint density at radius 1 is 1.64 bits per heavy atom. The van der Waals surface area contributed by atoms with E-state index in [2.05, 4.69) is 4.98 Å². The quantitative estimate of drug-likeness (QED) is 0.527. The summed E-state index contributed by atoms with van der Waals surface area (Å²) in [4.78, 5) is 14.1. The summed E-state index contributed by atoms with van der Waals surface area (Å²) in [6, 6.07) is 1.35. The van der Waals surface area contributed by atoms with Crippen molar-refractivity contribution in [3.8, 4) is 0 Å². The van der Waals surface area contributed by atoms with E-state index in [0.717, 1.165) is 0 Å². The maximum absolute atomic E-state index is 12.4. The van der Waals surface area contributed by atoms with Crippen LogP contribution in [-0.2, 0) is 6.54 Å². The first kappa shape index (κ1) is 11.4. The number of carbonyl (C=O) groups excluding carboxylic acids is 1. The zero-order valence-corrected chi connectivity index (χ0v) is 9.16. The van der Waals surface area contributed by atoms with Crippen LogP contribution in [0.4, 0.5) is 8.78 Å². The van der Waals surface area contributed by atoms with Gasteiger partial charge in [-0.3, -0.25) is 4.79 Å². The molecule has 1 heterocycles. The van der Waals surface area contributed by atoms with Crippen molar-refractivity contribution >= 4 is 28.9 Å². The topological polar surface area (TPSA) is 56.0 Å². The molecule has 14 heavy (non-hydrogen) atoms. The SMILES string of the molecule is NCc1cc(C=O)c(C(F)F)nc1I. The molecule has 0 aliphatic carbocycles. The Morgan fingerprint density at radius 3 is 2.71 bits per heavy atom. The third kappa shape index (κ3) is 2.24. The third-order valence-electron chi connectivity index (χ3n) is 1.66. The molecular weight excluding hydrogens is 305 g/mol. The van der Waals surface area contributed by atoms with Gasteiger partial charge in [0.2, 0.25) is 0 Å². The van der Waals surface area contributed by atoms with Gasteiger partial charge in [0.1, 0.15) is 9.39 Å². The first-order valence-electron chi connectivity index (χ1n) is 3.72. The number of aromatic nitrogens is 1. The smallest absolute Gasteiger partial charge is 0.281 e. The van der Waals surface area contributed by atoms with Crippen molar-refractivity contribution in [2.75, 3.05) is 0 Å². The lowest BCUT2D eigenvalue weighted by atomic mass is 10.1. The number of nitrogens with two attached hydrogens (primary N) is 1. The molecule has 0 amide bonds. The minimum Gasteiger partial charge on any atom is -0.326 e. The lowest BCUT2D eigenvalue weighted by molar-refractivity contribution is 0.110. The van der Waals surface area contributed by atoms with Crippen LogP contribution >= 0.6 is 22.6 Å². The van der Waals surface area contributed by atoms with E-state index in [1.165, 1.54) is 6.07 Å². The number of hydrogen-bond acceptors (Lipinski definition) is 3. The highest BCUT2D eigenvalue weighted by Gasteiger charge is 2.16. The van der Waals surface area contributed by atoms with Gasteiger partial charge in [-0.1, -0.05) is 0 Å². The fraction of sp³-hybridized carbons (Fsp3) is 0.250. The van der Waals surface area contributed by atoms with Gasteiger partial charge in [0.25, 0.3) is 6.43 Å². The van der Waals surface area contributed by atoms with Crippen LogP contribution in [0.25, 0.3) is 0 Å². The van der Waals surface area contributed by atoms with Gasteiger partial charge in [0, 0.05) is 12.1 Å². The fourth-order valence-electron chi connectivity index (χ4n) is 0.976. The fourth-order valence-corrected chi connectivity index (χ4v) is 1.61. The Kier molecular flexibility index (Phi) is 3.87. The number of alkyl halides is 2. The van der Waals surface area contributed by atoms with Crippen molar-refractivity contribution in [3.05, 3.63) is 26.6 Å². The Hall–Kier alpha value is -0.630. The second-order valence-corrected chi connectivity index (χ2v) is 3.56. The summed E-state index contributed by atoms with van der Waals surface area (Å²) in [5.41, 5.74) is 5.37. The number of halogens is 3. The summed E-state index contributed by atoms with van der Waals surface area (Å²) >= 11 is 1.81. The van der Waals surface area contributed by atoms with Gasteiger partial charge < -0.3 is 5.73 Å². The first-order valence-corrected chi connectivity index (χ1v) is 4.80. The van der Waals surface area contributed by atoms with E-state index in [-0.39, 0.29) is 12.1 Å². The molecule has 3 nitrogen and oxygen atoms in total. The first-order chi connectivity index (χ1) is 6.60. The van der Waals surface area contributed by atoms with Gasteiger partial charge >= 0.3 is 0 Å². The van der Waals surface area contributed by atoms with Crippen molar-refractivity contribution in [2.24, 2.45) is 5.73 Å². The van der Waals surface area contributed by atoms with E-state index in [0.29, 0.717) is 15.6 Å². The molecule has 0 fully saturated rings. The van der Waals surface area contributed by atoms with Gasteiger partial charge in [-0.2, -0.15) is 0 Å². The Balaban J connectivity index is 3.31. The minimum atomic E-state index is -2.74. The number of hydrogen-bond donors (Lipinski definition) is 1. The molecule has 0 aliphatic heterocycles. The molecule has 2 N–H and O–H groups in total. The molecule has 0 radical (unpaired) electrons. The molecule has 1 rings (SSSR count). The number of pyridine rings is 1. The number of carbonyl (C=O) groups is 1. The van der Waals surface area contributed by atoms with E-state index in [9.17, 15) is 13.6 Å². The summed E-state index contributed by atoms with van der Waals surface area (Å²) in [6.45, 7) is 0.176. The standard InChI is InChI=1S/C8H7F2IN2O/c9-7(10)6-5(3-14)1-4(2-12)8(11)13-6/h1,3,7H,2,12H2. The van der Waals surface area contributed by atoms with Crippen molar-refractivity contribution in [2.45, 2.75) is 13.0 Å². The van der Waals surface area contributed by atoms with Crippen LogP contribution in [-0.4, -0.2) is 11.3 Å². The van der Waals surface area contributed by atoms with Gasteiger partial charge in [0.15, 0.2) is 6.29 Å². The summed E-state index contributed by atoms with van der Waals surface area (Å²) in [5, 5.41) is 0. The Bertz CT molecular complexity index is 357. The highest BCUT2D eigenvalue weighted by Crippen LogP contribution is 2.22. The van der Waals surface area contributed by atoms with Gasteiger partial charge in [-0.15, -0.1) is 0 Å². The summed E-state index contributed by atoms with van der Waals surface area (Å²) in [7, 11) is 0. The average Bonchev–Trinajstić information content (AvgIpc) is 2.17. The van der Waals surface area contributed by atoms with Crippen LogP contribution in [0, 0.1) is 3.70 Å². The van der Waals surface area contributed by atoms with Crippen LogP contribution in [0.1, 0.15) is 28.0 Å². The molecule has 0 aromatic carbocycles. The summed E-state index contributed by atoms with van der Waals surface area (Å²) in [5.74, 6) is 0. The van der Waals surface area contributed by atoms with Gasteiger partial charge in [0.05, 0.1) is 0 Å². The van der Waals surface area contributed by atoms with Crippen molar-refractivity contribution in [3.63, 3.8) is 0 Å². The number of rotatable bonds is 3. The van der Waals surface area contributed by atoms with Crippen molar-refractivity contribution in [1.29, 1.82) is 0 Å². The van der Waals surface area contributed by atoms with E-state index >= 15 is 0 Å². The Morgan fingerprint density at radius 2 is 2.29 bits per heavy atom. The average molecular weight is 312 g/mol. The lowest BCUT2D eigenvalue weighted by Gasteiger charge is -2.06.